The number of phenolic OH excluding ortho intramolecular Hbond substituents is 1. The number of aryl methyl sites for hydroxylation is 1. The van der Waals surface area contributed by atoms with Crippen LogP contribution in [0.4, 0.5) is 0 Å². The lowest BCUT2D eigenvalue weighted by Crippen LogP contribution is -2.50. The first-order chi connectivity index (χ1) is 10.3. The molecule has 0 heterocycles. The van der Waals surface area contributed by atoms with Gasteiger partial charge in [0.25, 0.3) is 0 Å². The minimum Gasteiger partial charge on any atom is -0.508 e. The Labute approximate surface area is 134 Å². The molecule has 3 rings (SSSR count). The molecule has 1 aromatic rings. The van der Waals surface area contributed by atoms with Gasteiger partial charge in [0, 0.05) is 6.61 Å². The van der Waals surface area contributed by atoms with E-state index >= 15 is 0 Å². The molecule has 0 bridgehead atoms. The molecule has 1 fully saturated rings. The van der Waals surface area contributed by atoms with E-state index in [0.717, 1.165) is 24.8 Å². The fraction of sp³-hybridized carbons (Fsp3) is 0.700. The van der Waals surface area contributed by atoms with Gasteiger partial charge in [-0.2, -0.15) is 0 Å². The second kappa shape index (κ2) is 5.26. The van der Waals surface area contributed by atoms with Crippen LogP contribution in [0.5, 0.6) is 5.75 Å². The summed E-state index contributed by atoms with van der Waals surface area (Å²) < 4.78 is 0. The maximum atomic E-state index is 10.3. The van der Waals surface area contributed by atoms with Crippen LogP contribution in [0.15, 0.2) is 12.1 Å². The fourth-order valence-electron chi connectivity index (χ4n) is 5.30. The van der Waals surface area contributed by atoms with E-state index in [2.05, 4.69) is 33.8 Å². The van der Waals surface area contributed by atoms with E-state index in [0.29, 0.717) is 17.6 Å². The van der Waals surface area contributed by atoms with Gasteiger partial charge >= 0.3 is 0 Å². The quantitative estimate of drug-likeness (QED) is 0.843. The number of benzene rings is 1. The van der Waals surface area contributed by atoms with E-state index in [9.17, 15) is 10.2 Å². The van der Waals surface area contributed by atoms with Gasteiger partial charge < -0.3 is 10.2 Å². The minimum atomic E-state index is 0.0422. The van der Waals surface area contributed by atoms with Crippen LogP contribution in [0.3, 0.4) is 0 Å². The van der Waals surface area contributed by atoms with E-state index in [4.69, 9.17) is 0 Å². The van der Waals surface area contributed by atoms with Crippen molar-refractivity contribution in [2.45, 2.75) is 71.1 Å². The maximum Gasteiger partial charge on any atom is 0.119 e. The Morgan fingerprint density at radius 2 is 1.95 bits per heavy atom. The highest BCUT2D eigenvalue weighted by molar-refractivity contribution is 5.48. The summed E-state index contributed by atoms with van der Waals surface area (Å²) in [6.07, 6.45) is 5.66. The van der Waals surface area contributed by atoms with Crippen LogP contribution in [0.2, 0.25) is 0 Å². The summed E-state index contributed by atoms with van der Waals surface area (Å²) in [4.78, 5) is 0. The first kappa shape index (κ1) is 15.9. The second-order valence-corrected chi connectivity index (χ2v) is 8.40. The molecular formula is C20H30O2. The average molecular weight is 302 g/mol. The Bertz CT molecular complexity index is 577. The molecule has 0 saturated heterocycles. The smallest absolute Gasteiger partial charge is 0.119 e. The third kappa shape index (κ3) is 2.19. The number of phenols is 1. The van der Waals surface area contributed by atoms with Crippen LogP contribution in [0.25, 0.3) is 0 Å². The molecule has 22 heavy (non-hydrogen) atoms. The Hall–Kier alpha value is -1.02. The van der Waals surface area contributed by atoms with Crippen molar-refractivity contribution >= 4 is 0 Å². The van der Waals surface area contributed by atoms with Crippen LogP contribution >= 0.6 is 0 Å². The molecule has 1 aromatic carbocycles. The zero-order chi connectivity index (χ0) is 16.1. The molecule has 2 nitrogen and oxygen atoms in total. The molecule has 122 valence electrons. The first-order valence-corrected chi connectivity index (χ1v) is 8.79. The Morgan fingerprint density at radius 1 is 1.23 bits per heavy atom. The van der Waals surface area contributed by atoms with Gasteiger partial charge in [-0.25, -0.2) is 0 Å². The minimum absolute atomic E-state index is 0.0422. The number of aliphatic hydroxyl groups excluding tert-OH is 1. The molecule has 3 atom stereocenters. The zero-order valence-corrected chi connectivity index (χ0v) is 14.4. The van der Waals surface area contributed by atoms with E-state index in [1.54, 1.807) is 0 Å². The van der Waals surface area contributed by atoms with Crippen molar-refractivity contribution in [3.05, 3.63) is 28.8 Å². The normalized spacial score (nSPS) is 34.4. The summed E-state index contributed by atoms with van der Waals surface area (Å²) in [6.45, 7) is 9.23. The van der Waals surface area contributed by atoms with Crippen LogP contribution in [0, 0.1) is 11.3 Å². The van der Waals surface area contributed by atoms with Gasteiger partial charge in [0.1, 0.15) is 5.75 Å². The van der Waals surface area contributed by atoms with Crippen molar-refractivity contribution in [2.75, 3.05) is 6.61 Å². The monoisotopic (exact) mass is 302 g/mol. The summed E-state index contributed by atoms with van der Waals surface area (Å²) in [5.74, 6) is 1.33. The molecule has 0 unspecified atom stereocenters. The summed E-state index contributed by atoms with van der Waals surface area (Å²) in [5.41, 5.74) is 4.01. The first-order valence-electron chi connectivity index (χ1n) is 8.79. The standard InChI is InChI=1S/C20H30O2/c1-13(2)15-11-16-14(10-17(15)22)6-7-18-19(3,12-21)8-5-9-20(16,18)4/h10-11,13,18,21-22H,5-9,12H2,1-4H3/t18-,19-,20+/m0/s1. The van der Waals surface area contributed by atoms with Crippen LogP contribution in [0.1, 0.15) is 76.0 Å². The van der Waals surface area contributed by atoms with E-state index in [1.165, 1.54) is 24.0 Å². The van der Waals surface area contributed by atoms with Gasteiger partial charge in [0.2, 0.25) is 0 Å². The van der Waals surface area contributed by atoms with E-state index < -0.39 is 0 Å². The molecule has 0 radical (unpaired) electrons. The van der Waals surface area contributed by atoms with Crippen molar-refractivity contribution in [3.63, 3.8) is 0 Å². The van der Waals surface area contributed by atoms with Gasteiger partial charge in [-0.3, -0.25) is 0 Å². The average Bonchev–Trinajstić information content (AvgIpc) is 2.46. The number of hydrogen-bond donors (Lipinski definition) is 2. The molecular weight excluding hydrogens is 272 g/mol. The Kier molecular flexibility index (Phi) is 3.79. The molecule has 2 N–H and O–H groups in total. The molecule has 2 aliphatic rings. The molecule has 0 amide bonds. The largest absolute Gasteiger partial charge is 0.508 e. The lowest BCUT2D eigenvalue weighted by atomic mass is 9.50. The Balaban J connectivity index is 2.13. The zero-order valence-electron chi connectivity index (χ0n) is 14.4. The van der Waals surface area contributed by atoms with Crippen LogP contribution < -0.4 is 0 Å². The third-order valence-electron chi connectivity index (χ3n) is 6.61. The van der Waals surface area contributed by atoms with Crippen LogP contribution in [-0.4, -0.2) is 16.8 Å². The van der Waals surface area contributed by atoms with Gasteiger partial charge in [-0.15, -0.1) is 0 Å². The van der Waals surface area contributed by atoms with E-state index in [-0.39, 0.29) is 17.4 Å². The van der Waals surface area contributed by atoms with Crippen molar-refractivity contribution < 1.29 is 10.2 Å². The van der Waals surface area contributed by atoms with Crippen molar-refractivity contribution in [1.29, 1.82) is 0 Å². The fourth-order valence-corrected chi connectivity index (χ4v) is 5.30. The predicted octanol–water partition coefficient (Wildman–Crippen LogP) is 4.52. The molecule has 2 aliphatic carbocycles. The van der Waals surface area contributed by atoms with Gasteiger partial charge in [-0.05, 0) is 71.1 Å². The highest BCUT2D eigenvalue weighted by atomic mass is 16.3. The summed E-state index contributed by atoms with van der Waals surface area (Å²) in [5, 5.41) is 20.3. The van der Waals surface area contributed by atoms with E-state index in [1.807, 2.05) is 6.07 Å². The lowest BCUT2D eigenvalue weighted by molar-refractivity contribution is -0.0179. The van der Waals surface area contributed by atoms with Crippen molar-refractivity contribution in [2.24, 2.45) is 11.3 Å². The van der Waals surface area contributed by atoms with Crippen molar-refractivity contribution in [3.8, 4) is 5.75 Å². The number of rotatable bonds is 2. The van der Waals surface area contributed by atoms with Gasteiger partial charge in [-0.1, -0.05) is 40.2 Å². The molecule has 1 saturated carbocycles. The maximum absolute atomic E-state index is 10.3. The highest BCUT2D eigenvalue weighted by Gasteiger charge is 2.51. The van der Waals surface area contributed by atoms with Crippen LogP contribution in [-0.2, 0) is 11.8 Å². The predicted molar refractivity (Wildman–Crippen MR) is 90.4 cm³/mol. The lowest BCUT2D eigenvalue weighted by Gasteiger charge is -2.55. The second-order valence-electron chi connectivity index (χ2n) is 8.40. The van der Waals surface area contributed by atoms with Gasteiger partial charge in [0.05, 0.1) is 0 Å². The summed E-state index contributed by atoms with van der Waals surface area (Å²) in [6, 6.07) is 4.28. The number of aliphatic hydroxyl groups is 1. The molecule has 0 spiro atoms. The highest BCUT2D eigenvalue weighted by Crippen LogP contribution is 2.57. The molecule has 0 aromatic heterocycles. The number of aromatic hydroxyl groups is 1. The van der Waals surface area contributed by atoms with Crippen molar-refractivity contribution in [1.82, 2.24) is 0 Å². The topological polar surface area (TPSA) is 40.5 Å². The number of fused-ring (bicyclic) bond motifs is 3. The molecule has 0 aliphatic heterocycles. The Morgan fingerprint density at radius 3 is 2.59 bits per heavy atom. The third-order valence-corrected chi connectivity index (χ3v) is 6.61. The molecule has 2 heteroatoms. The SMILES string of the molecule is CC(C)c1cc2c(cc1O)CC[C@H]1[C@](C)(CO)CCC[C@]21C. The summed E-state index contributed by atoms with van der Waals surface area (Å²) >= 11 is 0. The van der Waals surface area contributed by atoms with Gasteiger partial charge in [0.15, 0.2) is 0 Å². The summed E-state index contributed by atoms with van der Waals surface area (Å²) in [7, 11) is 0. The number of hydrogen-bond acceptors (Lipinski definition) is 2.